The molecule has 0 radical (unpaired) electrons. The Kier molecular flexibility index (Phi) is 3.69. The highest BCUT2D eigenvalue weighted by Crippen LogP contribution is 2.21. The second-order valence-corrected chi connectivity index (χ2v) is 4.99. The maximum absolute atomic E-state index is 12.1. The SMILES string of the molecule is C#CCN(C)C(=O)c1ccc2cc(Br)ccc2c1. The average molecular weight is 302 g/mol. The number of halogens is 1. The molecule has 0 unspecified atom stereocenters. The van der Waals surface area contributed by atoms with Crippen molar-refractivity contribution in [1.82, 2.24) is 4.90 Å². The number of benzene rings is 2. The van der Waals surface area contributed by atoms with Gasteiger partial charge in [-0.3, -0.25) is 4.79 Å². The lowest BCUT2D eigenvalue weighted by Crippen LogP contribution is -2.26. The molecule has 2 rings (SSSR count). The van der Waals surface area contributed by atoms with Crippen LogP contribution in [0.3, 0.4) is 0 Å². The molecule has 1 amide bonds. The number of carbonyl (C=O) groups excluding carboxylic acids is 1. The van der Waals surface area contributed by atoms with Crippen LogP contribution >= 0.6 is 15.9 Å². The van der Waals surface area contributed by atoms with Crippen LogP contribution in [0.5, 0.6) is 0 Å². The van der Waals surface area contributed by atoms with Crippen LogP contribution in [0.4, 0.5) is 0 Å². The predicted octanol–water partition coefficient (Wildman–Crippen LogP) is 3.31. The number of rotatable bonds is 2. The van der Waals surface area contributed by atoms with E-state index >= 15 is 0 Å². The molecule has 0 aliphatic heterocycles. The Morgan fingerprint density at radius 3 is 2.67 bits per heavy atom. The summed E-state index contributed by atoms with van der Waals surface area (Å²) in [5.74, 6) is 2.40. The van der Waals surface area contributed by atoms with E-state index in [1.54, 1.807) is 7.05 Å². The maximum Gasteiger partial charge on any atom is 0.254 e. The molecular formula is C15H12BrNO. The Morgan fingerprint density at radius 1 is 1.28 bits per heavy atom. The summed E-state index contributed by atoms with van der Waals surface area (Å²) in [5, 5.41) is 2.14. The molecule has 0 saturated heterocycles. The van der Waals surface area contributed by atoms with Gasteiger partial charge in [0, 0.05) is 17.1 Å². The van der Waals surface area contributed by atoms with Gasteiger partial charge in [0.1, 0.15) is 0 Å². The van der Waals surface area contributed by atoms with Gasteiger partial charge in [-0.25, -0.2) is 0 Å². The summed E-state index contributed by atoms with van der Waals surface area (Å²) in [7, 11) is 1.70. The van der Waals surface area contributed by atoms with Crippen molar-refractivity contribution in [2.45, 2.75) is 0 Å². The van der Waals surface area contributed by atoms with E-state index < -0.39 is 0 Å². The second-order valence-electron chi connectivity index (χ2n) is 4.07. The highest BCUT2D eigenvalue weighted by Gasteiger charge is 2.10. The largest absolute Gasteiger partial charge is 0.331 e. The van der Waals surface area contributed by atoms with Gasteiger partial charge in [-0.2, -0.15) is 0 Å². The molecule has 18 heavy (non-hydrogen) atoms. The zero-order chi connectivity index (χ0) is 13.1. The fourth-order valence-corrected chi connectivity index (χ4v) is 2.16. The number of hydrogen-bond acceptors (Lipinski definition) is 1. The molecule has 0 spiro atoms. The summed E-state index contributed by atoms with van der Waals surface area (Å²) in [6, 6.07) is 11.6. The van der Waals surface area contributed by atoms with E-state index in [9.17, 15) is 4.79 Å². The highest BCUT2D eigenvalue weighted by molar-refractivity contribution is 9.10. The summed E-state index contributed by atoms with van der Waals surface area (Å²) in [5.41, 5.74) is 0.655. The third kappa shape index (κ3) is 2.55. The van der Waals surface area contributed by atoms with E-state index in [-0.39, 0.29) is 5.91 Å². The number of nitrogens with zero attached hydrogens (tertiary/aromatic N) is 1. The minimum absolute atomic E-state index is 0.0576. The molecule has 0 bridgehead atoms. The molecule has 90 valence electrons. The number of amides is 1. The van der Waals surface area contributed by atoms with E-state index in [4.69, 9.17) is 6.42 Å². The van der Waals surface area contributed by atoms with Crippen molar-refractivity contribution in [3.63, 3.8) is 0 Å². The first-order valence-corrected chi connectivity index (χ1v) is 6.29. The van der Waals surface area contributed by atoms with Crippen molar-refractivity contribution in [2.75, 3.05) is 13.6 Å². The van der Waals surface area contributed by atoms with Crippen LogP contribution in [-0.2, 0) is 0 Å². The number of carbonyl (C=O) groups is 1. The molecule has 2 nitrogen and oxygen atoms in total. The molecule has 0 saturated carbocycles. The molecular weight excluding hydrogens is 290 g/mol. The van der Waals surface area contributed by atoms with Crippen LogP contribution in [0.25, 0.3) is 10.8 Å². The summed E-state index contributed by atoms with van der Waals surface area (Å²) >= 11 is 3.43. The van der Waals surface area contributed by atoms with Crippen LogP contribution in [0.15, 0.2) is 40.9 Å². The Balaban J connectivity index is 2.39. The van der Waals surface area contributed by atoms with E-state index in [1.165, 1.54) is 4.90 Å². The topological polar surface area (TPSA) is 20.3 Å². The molecule has 0 aromatic heterocycles. The van der Waals surface area contributed by atoms with Crippen LogP contribution in [0.1, 0.15) is 10.4 Å². The number of terminal acetylenes is 1. The molecule has 3 heteroatoms. The molecule has 0 heterocycles. The summed E-state index contributed by atoms with van der Waals surface area (Å²) in [6.07, 6.45) is 5.20. The fraction of sp³-hybridized carbons (Fsp3) is 0.133. The van der Waals surface area contributed by atoms with Gasteiger partial charge >= 0.3 is 0 Å². The lowest BCUT2D eigenvalue weighted by molar-refractivity contribution is 0.0813. The Labute approximate surface area is 115 Å². The Bertz CT molecular complexity index is 642. The van der Waals surface area contributed by atoms with Crippen molar-refractivity contribution in [3.05, 3.63) is 46.4 Å². The smallest absolute Gasteiger partial charge is 0.254 e. The molecule has 2 aromatic rings. The Hall–Kier alpha value is -1.79. The lowest BCUT2D eigenvalue weighted by atomic mass is 10.1. The molecule has 0 aliphatic rings. The van der Waals surface area contributed by atoms with Crippen molar-refractivity contribution >= 4 is 32.6 Å². The average Bonchev–Trinajstić information content (AvgIpc) is 2.37. The molecule has 0 atom stereocenters. The summed E-state index contributed by atoms with van der Waals surface area (Å²) in [4.78, 5) is 13.6. The zero-order valence-electron chi connectivity index (χ0n) is 9.98. The van der Waals surface area contributed by atoms with Crippen LogP contribution in [0, 0.1) is 12.3 Å². The quantitative estimate of drug-likeness (QED) is 0.779. The van der Waals surface area contributed by atoms with Gasteiger partial charge in [0.25, 0.3) is 5.91 Å². The monoisotopic (exact) mass is 301 g/mol. The minimum atomic E-state index is -0.0576. The van der Waals surface area contributed by atoms with Crippen molar-refractivity contribution in [3.8, 4) is 12.3 Å². The van der Waals surface area contributed by atoms with Crippen molar-refractivity contribution in [2.24, 2.45) is 0 Å². The van der Waals surface area contributed by atoms with Gasteiger partial charge in [-0.1, -0.05) is 34.0 Å². The summed E-state index contributed by atoms with van der Waals surface area (Å²) in [6.45, 7) is 0.317. The van der Waals surface area contributed by atoms with Crippen LogP contribution < -0.4 is 0 Å². The van der Waals surface area contributed by atoms with Crippen LogP contribution in [-0.4, -0.2) is 24.4 Å². The standard InChI is InChI=1S/C15H12BrNO/c1-3-8-17(2)15(18)13-5-4-12-10-14(16)7-6-11(12)9-13/h1,4-7,9-10H,8H2,2H3. The number of hydrogen-bond donors (Lipinski definition) is 0. The molecule has 0 fully saturated rings. The van der Waals surface area contributed by atoms with E-state index in [0.717, 1.165) is 15.2 Å². The first kappa shape index (κ1) is 12.7. The number of fused-ring (bicyclic) bond motifs is 1. The van der Waals surface area contributed by atoms with Crippen molar-refractivity contribution < 1.29 is 4.79 Å². The zero-order valence-corrected chi connectivity index (χ0v) is 11.6. The molecule has 0 N–H and O–H groups in total. The summed E-state index contributed by atoms with van der Waals surface area (Å²) < 4.78 is 1.03. The highest BCUT2D eigenvalue weighted by atomic mass is 79.9. The lowest BCUT2D eigenvalue weighted by Gasteiger charge is -2.14. The van der Waals surface area contributed by atoms with Gasteiger partial charge in [0.05, 0.1) is 6.54 Å². The second kappa shape index (κ2) is 5.24. The van der Waals surface area contributed by atoms with Crippen molar-refractivity contribution in [1.29, 1.82) is 0 Å². The first-order chi connectivity index (χ1) is 8.61. The van der Waals surface area contributed by atoms with Gasteiger partial charge in [-0.15, -0.1) is 6.42 Å². The normalized spacial score (nSPS) is 10.1. The third-order valence-corrected chi connectivity index (χ3v) is 3.22. The van der Waals surface area contributed by atoms with E-state index in [0.29, 0.717) is 12.1 Å². The fourth-order valence-electron chi connectivity index (χ4n) is 1.78. The van der Waals surface area contributed by atoms with Gasteiger partial charge in [0.15, 0.2) is 0 Å². The van der Waals surface area contributed by atoms with E-state index in [2.05, 4.69) is 21.9 Å². The predicted molar refractivity (Wildman–Crippen MR) is 77.4 cm³/mol. The Morgan fingerprint density at radius 2 is 1.94 bits per heavy atom. The van der Waals surface area contributed by atoms with Gasteiger partial charge in [0.2, 0.25) is 0 Å². The van der Waals surface area contributed by atoms with Gasteiger partial charge < -0.3 is 4.90 Å². The first-order valence-electron chi connectivity index (χ1n) is 5.50. The maximum atomic E-state index is 12.1. The minimum Gasteiger partial charge on any atom is -0.331 e. The molecule has 0 aliphatic carbocycles. The van der Waals surface area contributed by atoms with Crippen LogP contribution in [0.2, 0.25) is 0 Å². The third-order valence-electron chi connectivity index (χ3n) is 2.72. The van der Waals surface area contributed by atoms with Gasteiger partial charge in [-0.05, 0) is 35.0 Å². The molecule has 2 aromatic carbocycles. The van der Waals surface area contributed by atoms with E-state index in [1.807, 2.05) is 36.4 Å².